The second-order valence-corrected chi connectivity index (χ2v) is 7.02. The van der Waals surface area contributed by atoms with Gasteiger partial charge in [-0.2, -0.15) is 0 Å². The Labute approximate surface area is 161 Å². The number of amides is 1. The molecule has 0 aliphatic heterocycles. The molecule has 0 aromatic heterocycles. The summed E-state index contributed by atoms with van der Waals surface area (Å²) in [4.78, 5) is 12.4. The lowest BCUT2D eigenvalue weighted by atomic mass is 9.79. The summed E-state index contributed by atoms with van der Waals surface area (Å²) in [6.07, 6.45) is 8.04. The van der Waals surface area contributed by atoms with Crippen molar-refractivity contribution >= 4 is 12.0 Å². The SMILES string of the molecule is COc1ccc(C=CC(=O)NCC2(c3ccccc3)CCCC2)cc1OC. The standard InChI is InChI=1S/C23H27NO3/c1-26-20-12-10-18(16-21(20)27-2)11-13-22(25)24-17-23(14-6-7-15-23)19-8-4-3-5-9-19/h3-5,8-13,16H,6-7,14-15,17H2,1-2H3,(H,24,25). The molecule has 0 atom stereocenters. The van der Waals surface area contributed by atoms with Crippen LogP contribution in [0.5, 0.6) is 11.5 Å². The Kier molecular flexibility index (Phi) is 6.17. The van der Waals surface area contributed by atoms with Crippen molar-refractivity contribution in [2.75, 3.05) is 20.8 Å². The molecule has 1 aliphatic carbocycles. The molecule has 0 heterocycles. The first-order valence-corrected chi connectivity index (χ1v) is 9.40. The maximum absolute atomic E-state index is 12.4. The van der Waals surface area contributed by atoms with Gasteiger partial charge in [0.2, 0.25) is 5.91 Å². The fourth-order valence-corrected chi connectivity index (χ4v) is 3.85. The van der Waals surface area contributed by atoms with Gasteiger partial charge in [-0.05, 0) is 42.2 Å². The van der Waals surface area contributed by atoms with E-state index in [1.807, 2.05) is 24.3 Å². The molecule has 2 aromatic rings. The van der Waals surface area contributed by atoms with Crippen LogP contribution in [0.25, 0.3) is 6.08 Å². The minimum atomic E-state index is -0.0769. The van der Waals surface area contributed by atoms with Crippen LogP contribution in [0.15, 0.2) is 54.6 Å². The first-order chi connectivity index (χ1) is 13.2. The van der Waals surface area contributed by atoms with E-state index in [9.17, 15) is 4.79 Å². The fraction of sp³-hybridized carbons (Fsp3) is 0.348. The lowest BCUT2D eigenvalue weighted by Gasteiger charge is -2.29. The third kappa shape index (κ3) is 4.51. The zero-order valence-electron chi connectivity index (χ0n) is 16.0. The van der Waals surface area contributed by atoms with Crippen molar-refractivity contribution in [3.05, 3.63) is 65.7 Å². The summed E-state index contributed by atoms with van der Waals surface area (Å²) < 4.78 is 10.5. The van der Waals surface area contributed by atoms with Crippen molar-refractivity contribution in [2.45, 2.75) is 31.1 Å². The number of hydrogen-bond donors (Lipinski definition) is 1. The molecule has 142 valence electrons. The van der Waals surface area contributed by atoms with E-state index >= 15 is 0 Å². The normalized spacial score (nSPS) is 15.6. The minimum Gasteiger partial charge on any atom is -0.493 e. The van der Waals surface area contributed by atoms with Crippen LogP contribution in [-0.4, -0.2) is 26.7 Å². The maximum Gasteiger partial charge on any atom is 0.244 e. The number of carbonyl (C=O) groups is 1. The molecule has 1 fully saturated rings. The predicted molar refractivity (Wildman–Crippen MR) is 108 cm³/mol. The van der Waals surface area contributed by atoms with Gasteiger partial charge >= 0.3 is 0 Å². The first kappa shape index (κ1) is 19.0. The van der Waals surface area contributed by atoms with E-state index in [0.717, 1.165) is 18.4 Å². The van der Waals surface area contributed by atoms with Crippen LogP contribution >= 0.6 is 0 Å². The number of carbonyl (C=O) groups excluding carboxylic acids is 1. The summed E-state index contributed by atoms with van der Waals surface area (Å²) in [5.74, 6) is 1.24. The minimum absolute atomic E-state index is 0.0636. The van der Waals surface area contributed by atoms with Crippen LogP contribution in [0, 0.1) is 0 Å². The molecule has 3 rings (SSSR count). The summed E-state index contributed by atoms with van der Waals surface area (Å²) in [5, 5.41) is 3.10. The number of hydrogen-bond acceptors (Lipinski definition) is 3. The molecule has 0 unspecified atom stereocenters. The van der Waals surface area contributed by atoms with Gasteiger partial charge in [0.05, 0.1) is 14.2 Å². The molecule has 1 N–H and O–H groups in total. The number of methoxy groups -OCH3 is 2. The van der Waals surface area contributed by atoms with E-state index in [4.69, 9.17) is 9.47 Å². The van der Waals surface area contributed by atoms with Gasteiger partial charge in [0.15, 0.2) is 11.5 Å². The van der Waals surface area contributed by atoms with Crippen molar-refractivity contribution < 1.29 is 14.3 Å². The summed E-state index contributed by atoms with van der Waals surface area (Å²) in [7, 11) is 3.20. The molecular weight excluding hydrogens is 338 g/mol. The Hall–Kier alpha value is -2.75. The number of nitrogens with one attached hydrogen (secondary N) is 1. The Morgan fingerprint density at radius 3 is 2.41 bits per heavy atom. The molecule has 1 amide bonds. The zero-order chi connectivity index (χ0) is 19.1. The van der Waals surface area contributed by atoms with E-state index < -0.39 is 0 Å². The molecular formula is C23H27NO3. The monoisotopic (exact) mass is 365 g/mol. The van der Waals surface area contributed by atoms with E-state index in [1.165, 1.54) is 18.4 Å². The summed E-state index contributed by atoms with van der Waals surface area (Å²) in [6, 6.07) is 16.1. The highest BCUT2D eigenvalue weighted by molar-refractivity contribution is 5.91. The largest absolute Gasteiger partial charge is 0.493 e. The Bertz CT molecular complexity index is 793. The quantitative estimate of drug-likeness (QED) is 0.742. The van der Waals surface area contributed by atoms with Crippen LogP contribution in [0.3, 0.4) is 0 Å². The van der Waals surface area contributed by atoms with E-state index in [0.29, 0.717) is 18.0 Å². The van der Waals surface area contributed by atoms with Crippen molar-refractivity contribution in [2.24, 2.45) is 0 Å². The van der Waals surface area contributed by atoms with Crippen molar-refractivity contribution in [1.29, 1.82) is 0 Å². The highest BCUT2D eigenvalue weighted by Gasteiger charge is 2.35. The summed E-state index contributed by atoms with van der Waals surface area (Å²) in [5.41, 5.74) is 2.28. The molecule has 0 saturated heterocycles. The van der Waals surface area contributed by atoms with E-state index in [2.05, 4.69) is 29.6 Å². The molecule has 27 heavy (non-hydrogen) atoms. The lowest BCUT2D eigenvalue weighted by molar-refractivity contribution is -0.116. The van der Waals surface area contributed by atoms with Crippen LogP contribution in [0.2, 0.25) is 0 Å². The third-order valence-corrected chi connectivity index (χ3v) is 5.38. The topological polar surface area (TPSA) is 47.6 Å². The van der Waals surface area contributed by atoms with Crippen LogP contribution in [-0.2, 0) is 10.2 Å². The Morgan fingerprint density at radius 1 is 1.04 bits per heavy atom. The molecule has 2 aromatic carbocycles. The van der Waals surface area contributed by atoms with Crippen molar-refractivity contribution in [3.63, 3.8) is 0 Å². The maximum atomic E-state index is 12.4. The Morgan fingerprint density at radius 2 is 1.74 bits per heavy atom. The third-order valence-electron chi connectivity index (χ3n) is 5.38. The van der Waals surface area contributed by atoms with Gasteiger partial charge in [0.1, 0.15) is 0 Å². The molecule has 0 spiro atoms. The molecule has 0 radical (unpaired) electrons. The van der Waals surface area contributed by atoms with Crippen molar-refractivity contribution in [3.8, 4) is 11.5 Å². The zero-order valence-corrected chi connectivity index (χ0v) is 16.0. The predicted octanol–water partition coefficient (Wildman–Crippen LogP) is 4.35. The van der Waals surface area contributed by atoms with E-state index in [1.54, 1.807) is 26.4 Å². The van der Waals surface area contributed by atoms with Crippen LogP contribution in [0.4, 0.5) is 0 Å². The highest BCUT2D eigenvalue weighted by Crippen LogP contribution is 2.40. The summed E-state index contributed by atoms with van der Waals surface area (Å²) >= 11 is 0. The second-order valence-electron chi connectivity index (χ2n) is 7.02. The average molecular weight is 365 g/mol. The molecule has 1 saturated carbocycles. The average Bonchev–Trinajstić information content (AvgIpc) is 3.21. The number of rotatable bonds is 7. The van der Waals surface area contributed by atoms with E-state index in [-0.39, 0.29) is 11.3 Å². The molecule has 4 heteroatoms. The lowest BCUT2D eigenvalue weighted by Crippen LogP contribution is -2.38. The second kappa shape index (κ2) is 8.76. The van der Waals surface area contributed by atoms with Gasteiger partial charge in [-0.25, -0.2) is 0 Å². The van der Waals surface area contributed by atoms with Gasteiger partial charge in [-0.15, -0.1) is 0 Å². The van der Waals surface area contributed by atoms with Gasteiger partial charge in [0, 0.05) is 18.0 Å². The highest BCUT2D eigenvalue weighted by atomic mass is 16.5. The van der Waals surface area contributed by atoms with Crippen LogP contribution in [0.1, 0.15) is 36.8 Å². The number of benzene rings is 2. The molecule has 4 nitrogen and oxygen atoms in total. The smallest absolute Gasteiger partial charge is 0.244 e. The fourth-order valence-electron chi connectivity index (χ4n) is 3.85. The van der Waals surface area contributed by atoms with Gasteiger partial charge in [-0.3, -0.25) is 4.79 Å². The van der Waals surface area contributed by atoms with Crippen molar-refractivity contribution in [1.82, 2.24) is 5.32 Å². The molecule has 0 bridgehead atoms. The first-order valence-electron chi connectivity index (χ1n) is 9.40. The Balaban J connectivity index is 1.64. The van der Waals surface area contributed by atoms with Crippen LogP contribution < -0.4 is 14.8 Å². The van der Waals surface area contributed by atoms with Gasteiger partial charge in [-0.1, -0.05) is 49.2 Å². The summed E-state index contributed by atoms with van der Waals surface area (Å²) in [6.45, 7) is 0.673. The van der Waals surface area contributed by atoms with Gasteiger partial charge in [0.25, 0.3) is 0 Å². The van der Waals surface area contributed by atoms with Gasteiger partial charge < -0.3 is 14.8 Å². The number of ether oxygens (including phenoxy) is 2. The molecule has 1 aliphatic rings.